The Kier molecular flexibility index (Phi) is 5.16. The Morgan fingerprint density at radius 3 is 2.56 bits per heavy atom. The maximum atomic E-state index is 6.27. The molecule has 3 heteroatoms. The second kappa shape index (κ2) is 5.95. The summed E-state index contributed by atoms with van der Waals surface area (Å²) in [6, 6.07) is 6.40. The van der Waals surface area contributed by atoms with Gasteiger partial charge in [0.15, 0.2) is 0 Å². The molecule has 0 aliphatic heterocycles. The predicted octanol–water partition coefficient (Wildman–Crippen LogP) is 3.95. The van der Waals surface area contributed by atoms with Gasteiger partial charge < -0.3 is 5.32 Å². The monoisotopic (exact) mass is 257 g/mol. The van der Waals surface area contributed by atoms with Gasteiger partial charge in [-0.15, -0.1) is 11.8 Å². The van der Waals surface area contributed by atoms with Crippen molar-refractivity contribution in [1.29, 1.82) is 0 Å². The van der Waals surface area contributed by atoms with Crippen LogP contribution >= 0.6 is 23.4 Å². The molecule has 0 saturated carbocycles. The predicted molar refractivity (Wildman–Crippen MR) is 74.8 cm³/mol. The van der Waals surface area contributed by atoms with Gasteiger partial charge in [-0.25, -0.2) is 0 Å². The van der Waals surface area contributed by atoms with Gasteiger partial charge in [0.2, 0.25) is 0 Å². The van der Waals surface area contributed by atoms with E-state index in [0.717, 1.165) is 17.3 Å². The Morgan fingerprint density at radius 1 is 1.38 bits per heavy atom. The molecule has 0 unspecified atom stereocenters. The summed E-state index contributed by atoms with van der Waals surface area (Å²) in [6.45, 7) is 7.53. The first kappa shape index (κ1) is 13.9. The number of nitrogens with one attached hydrogen (secondary N) is 1. The molecule has 1 nitrogen and oxygen atoms in total. The van der Waals surface area contributed by atoms with E-state index in [1.807, 2.05) is 7.05 Å². The highest BCUT2D eigenvalue weighted by Gasteiger charge is 2.20. The molecule has 0 spiro atoms. The summed E-state index contributed by atoms with van der Waals surface area (Å²) in [6.07, 6.45) is 0. The van der Waals surface area contributed by atoms with E-state index >= 15 is 0 Å². The SMILES string of the molecule is CCSc1ccc(C(C)(C)CNC)cc1Cl. The highest BCUT2D eigenvalue weighted by atomic mass is 35.5. The minimum absolute atomic E-state index is 0.119. The van der Waals surface area contributed by atoms with Crippen molar-refractivity contribution in [3.05, 3.63) is 28.8 Å². The number of hydrogen-bond donors (Lipinski definition) is 1. The molecule has 0 atom stereocenters. The fourth-order valence-corrected chi connectivity index (χ4v) is 2.75. The van der Waals surface area contributed by atoms with Crippen LogP contribution in [0.3, 0.4) is 0 Å². The first-order chi connectivity index (χ1) is 7.51. The lowest BCUT2D eigenvalue weighted by molar-refractivity contribution is 0.494. The quantitative estimate of drug-likeness (QED) is 0.802. The van der Waals surface area contributed by atoms with Crippen LogP contribution < -0.4 is 5.32 Å². The molecule has 1 aromatic rings. The van der Waals surface area contributed by atoms with Crippen LogP contribution in [0, 0.1) is 0 Å². The maximum Gasteiger partial charge on any atom is 0.0544 e. The lowest BCUT2D eigenvalue weighted by Crippen LogP contribution is -2.30. The van der Waals surface area contributed by atoms with Crippen LogP contribution in [-0.4, -0.2) is 19.3 Å². The molecule has 0 aliphatic rings. The summed E-state index contributed by atoms with van der Waals surface area (Å²) in [7, 11) is 1.98. The minimum atomic E-state index is 0.119. The normalized spacial score (nSPS) is 11.8. The fraction of sp³-hybridized carbons (Fsp3) is 0.538. The van der Waals surface area contributed by atoms with E-state index in [1.165, 1.54) is 10.5 Å². The molecule has 0 saturated heterocycles. The van der Waals surface area contributed by atoms with Crippen molar-refractivity contribution in [2.45, 2.75) is 31.1 Å². The highest BCUT2D eigenvalue weighted by Crippen LogP contribution is 2.32. The maximum absolute atomic E-state index is 6.27. The van der Waals surface area contributed by atoms with E-state index in [2.05, 4.69) is 44.3 Å². The Hall–Kier alpha value is -0.180. The Balaban J connectivity index is 2.96. The first-order valence-electron chi connectivity index (χ1n) is 5.58. The van der Waals surface area contributed by atoms with E-state index in [-0.39, 0.29) is 5.41 Å². The highest BCUT2D eigenvalue weighted by molar-refractivity contribution is 7.99. The summed E-state index contributed by atoms with van der Waals surface area (Å²) >= 11 is 8.06. The zero-order valence-corrected chi connectivity index (χ0v) is 12.0. The van der Waals surface area contributed by atoms with Crippen LogP contribution in [0.5, 0.6) is 0 Å². The smallest absolute Gasteiger partial charge is 0.0544 e. The standard InChI is InChI=1S/C13H20ClNS/c1-5-16-12-7-6-10(8-11(12)14)13(2,3)9-15-4/h6-8,15H,5,9H2,1-4H3. The van der Waals surface area contributed by atoms with Gasteiger partial charge in [0.25, 0.3) is 0 Å². The summed E-state index contributed by atoms with van der Waals surface area (Å²) in [4.78, 5) is 1.17. The van der Waals surface area contributed by atoms with Crippen molar-refractivity contribution >= 4 is 23.4 Å². The van der Waals surface area contributed by atoms with Crippen LogP contribution in [0.2, 0.25) is 5.02 Å². The van der Waals surface area contributed by atoms with Crippen molar-refractivity contribution < 1.29 is 0 Å². The van der Waals surface area contributed by atoms with Gasteiger partial charge in [0, 0.05) is 16.9 Å². The van der Waals surface area contributed by atoms with Crippen LogP contribution in [0.15, 0.2) is 23.1 Å². The molecule has 1 aromatic carbocycles. The van der Waals surface area contributed by atoms with E-state index in [0.29, 0.717) is 0 Å². The van der Waals surface area contributed by atoms with Gasteiger partial charge in [0.1, 0.15) is 0 Å². The molecule has 16 heavy (non-hydrogen) atoms. The molecule has 90 valence electrons. The van der Waals surface area contributed by atoms with E-state index in [4.69, 9.17) is 11.6 Å². The molecule has 0 heterocycles. The summed E-state index contributed by atoms with van der Waals surface area (Å²) in [5.41, 5.74) is 1.40. The van der Waals surface area contributed by atoms with Crippen LogP contribution in [-0.2, 0) is 5.41 Å². The molecule has 1 N–H and O–H groups in total. The third-order valence-corrected chi connectivity index (χ3v) is 4.01. The number of rotatable bonds is 5. The van der Waals surface area contributed by atoms with Gasteiger partial charge in [0.05, 0.1) is 5.02 Å². The van der Waals surface area contributed by atoms with Crippen molar-refractivity contribution in [2.75, 3.05) is 19.3 Å². The Labute approximate surface area is 108 Å². The molecular formula is C13H20ClNS. The van der Waals surface area contributed by atoms with Gasteiger partial charge >= 0.3 is 0 Å². The molecule has 0 radical (unpaired) electrons. The molecule has 0 fully saturated rings. The molecule has 0 aliphatic carbocycles. The zero-order valence-electron chi connectivity index (χ0n) is 10.4. The summed E-state index contributed by atoms with van der Waals surface area (Å²) in [5.74, 6) is 1.05. The first-order valence-corrected chi connectivity index (χ1v) is 6.95. The second-order valence-corrected chi connectivity index (χ2v) is 6.21. The number of thioether (sulfide) groups is 1. The van der Waals surface area contributed by atoms with Crippen molar-refractivity contribution in [1.82, 2.24) is 5.32 Å². The molecular weight excluding hydrogens is 238 g/mol. The Bertz CT molecular complexity index is 350. The molecule has 0 amide bonds. The third kappa shape index (κ3) is 3.41. The average Bonchev–Trinajstić information content (AvgIpc) is 2.21. The molecule has 1 rings (SSSR count). The molecule has 0 aromatic heterocycles. The number of likely N-dealkylation sites (N-methyl/N-ethyl adjacent to an activating group) is 1. The van der Waals surface area contributed by atoms with Gasteiger partial charge in [-0.1, -0.05) is 38.4 Å². The minimum Gasteiger partial charge on any atom is -0.319 e. The van der Waals surface area contributed by atoms with Gasteiger partial charge in [-0.05, 0) is 30.5 Å². The van der Waals surface area contributed by atoms with Crippen molar-refractivity contribution in [2.24, 2.45) is 0 Å². The van der Waals surface area contributed by atoms with Crippen LogP contribution in [0.1, 0.15) is 26.3 Å². The van der Waals surface area contributed by atoms with E-state index < -0.39 is 0 Å². The lowest BCUT2D eigenvalue weighted by Gasteiger charge is -2.25. The van der Waals surface area contributed by atoms with Crippen molar-refractivity contribution in [3.8, 4) is 0 Å². The van der Waals surface area contributed by atoms with E-state index in [9.17, 15) is 0 Å². The second-order valence-electron chi connectivity index (χ2n) is 4.49. The van der Waals surface area contributed by atoms with Gasteiger partial charge in [-0.2, -0.15) is 0 Å². The van der Waals surface area contributed by atoms with E-state index in [1.54, 1.807) is 11.8 Å². The summed E-state index contributed by atoms with van der Waals surface area (Å²) < 4.78 is 0. The number of halogens is 1. The largest absolute Gasteiger partial charge is 0.319 e. The van der Waals surface area contributed by atoms with Crippen LogP contribution in [0.4, 0.5) is 0 Å². The average molecular weight is 258 g/mol. The number of hydrogen-bond acceptors (Lipinski definition) is 2. The van der Waals surface area contributed by atoms with Crippen LogP contribution in [0.25, 0.3) is 0 Å². The summed E-state index contributed by atoms with van der Waals surface area (Å²) in [5, 5.41) is 4.09. The lowest BCUT2D eigenvalue weighted by atomic mass is 9.85. The zero-order chi connectivity index (χ0) is 12.2. The van der Waals surface area contributed by atoms with Gasteiger partial charge in [-0.3, -0.25) is 0 Å². The topological polar surface area (TPSA) is 12.0 Å². The third-order valence-electron chi connectivity index (χ3n) is 2.63. The van der Waals surface area contributed by atoms with Crippen molar-refractivity contribution in [3.63, 3.8) is 0 Å². The number of benzene rings is 1. The molecule has 0 bridgehead atoms. The fourth-order valence-electron chi connectivity index (χ4n) is 1.74. The Morgan fingerprint density at radius 2 is 2.06 bits per heavy atom.